The minimum absolute atomic E-state index is 0.00124. The van der Waals surface area contributed by atoms with Crippen molar-refractivity contribution < 1.29 is 33.0 Å². The van der Waals surface area contributed by atoms with Crippen LogP contribution in [0.3, 0.4) is 0 Å². The predicted octanol–water partition coefficient (Wildman–Crippen LogP) is 6.12. The summed E-state index contributed by atoms with van der Waals surface area (Å²) >= 11 is 6.47. The lowest BCUT2D eigenvalue weighted by atomic mass is 9.88. The largest absolute Gasteiger partial charge is 0.488 e. The van der Waals surface area contributed by atoms with Crippen LogP contribution in [0.1, 0.15) is 112 Å². The van der Waals surface area contributed by atoms with Crippen molar-refractivity contribution in [2.75, 3.05) is 50.1 Å². The summed E-state index contributed by atoms with van der Waals surface area (Å²) in [6.07, 6.45) is 11.0. The highest BCUT2D eigenvalue weighted by Crippen LogP contribution is 2.35. The summed E-state index contributed by atoms with van der Waals surface area (Å²) in [6.45, 7) is 10.0. The first-order valence-electron chi connectivity index (χ1n) is 22.7. The zero-order valence-electron chi connectivity index (χ0n) is 37.5. The van der Waals surface area contributed by atoms with Crippen LogP contribution in [0.4, 0.5) is 21.8 Å². The van der Waals surface area contributed by atoms with E-state index in [1.54, 1.807) is 29.9 Å². The molecule has 1 aliphatic carbocycles. The first kappa shape index (κ1) is 47.3. The maximum absolute atomic E-state index is 14.6. The number of carbonyl (C=O) groups is 4. The Morgan fingerprint density at radius 1 is 0.985 bits per heavy atom. The molecular weight excluding hydrogens is 857 g/mol. The second kappa shape index (κ2) is 21.6. The Morgan fingerprint density at radius 2 is 1.71 bits per heavy atom. The van der Waals surface area contributed by atoms with Gasteiger partial charge in [-0.3, -0.25) is 29.3 Å². The van der Waals surface area contributed by atoms with Crippen LogP contribution in [0.25, 0.3) is 10.9 Å². The molecule has 0 bridgehead atoms. The Kier molecular flexibility index (Phi) is 15.7. The summed E-state index contributed by atoms with van der Waals surface area (Å²) in [4.78, 5) is 70.8. The number of halogens is 2. The van der Waals surface area contributed by atoms with Gasteiger partial charge in [-0.2, -0.15) is 4.98 Å². The molecule has 16 nitrogen and oxygen atoms in total. The first-order chi connectivity index (χ1) is 31.4. The highest BCUT2D eigenvalue weighted by Gasteiger charge is 2.40. The number of hydrogen-bond donors (Lipinski definition) is 4. The number of piperidine rings is 3. The molecule has 0 spiro atoms. The third-order valence-electron chi connectivity index (χ3n) is 12.5. The molecule has 348 valence electrons. The normalized spacial score (nSPS) is 19.1. The van der Waals surface area contributed by atoms with Crippen molar-refractivity contribution in [1.82, 2.24) is 35.4 Å². The lowest BCUT2D eigenvalue weighted by Crippen LogP contribution is -2.52. The van der Waals surface area contributed by atoms with Crippen molar-refractivity contribution in [3.05, 3.63) is 80.5 Å². The van der Waals surface area contributed by atoms with Crippen LogP contribution in [0.15, 0.2) is 47.4 Å². The van der Waals surface area contributed by atoms with E-state index in [-0.39, 0.29) is 41.6 Å². The van der Waals surface area contributed by atoms with Crippen LogP contribution in [-0.2, 0) is 25.7 Å². The number of amides is 4. The summed E-state index contributed by atoms with van der Waals surface area (Å²) in [6, 6.07) is 10.1. The molecule has 9 rings (SSSR count). The number of aromatic nitrogens is 3. The van der Waals surface area contributed by atoms with Gasteiger partial charge in [-0.15, -0.1) is 0 Å². The van der Waals surface area contributed by atoms with E-state index in [1.165, 1.54) is 30.2 Å². The van der Waals surface area contributed by atoms with Crippen LogP contribution < -0.4 is 36.5 Å². The van der Waals surface area contributed by atoms with Gasteiger partial charge in [0.05, 0.1) is 30.5 Å². The van der Waals surface area contributed by atoms with E-state index in [9.17, 15) is 23.6 Å². The Balaban J connectivity index is 0.000000189. The molecule has 4 N–H and O–H groups in total. The topological polar surface area (TPSA) is 189 Å². The van der Waals surface area contributed by atoms with Crippen LogP contribution >= 0.6 is 11.6 Å². The summed E-state index contributed by atoms with van der Waals surface area (Å²) in [5.41, 5.74) is 3.32. The van der Waals surface area contributed by atoms with Crippen molar-refractivity contribution in [3.8, 4) is 5.75 Å². The summed E-state index contributed by atoms with van der Waals surface area (Å²) in [5.74, 6) is 0.285. The lowest BCUT2D eigenvalue weighted by Gasteiger charge is -2.36. The summed E-state index contributed by atoms with van der Waals surface area (Å²) in [7, 11) is 1.56. The molecule has 2 aromatic carbocycles. The van der Waals surface area contributed by atoms with E-state index < -0.39 is 11.9 Å². The third-order valence-corrected chi connectivity index (χ3v) is 12.8. The number of ether oxygens (including phenoxy) is 2. The second-order valence-electron chi connectivity index (χ2n) is 17.2. The standard InChI is InChI=1S/C27H34ClN5O3.C18H20FN3O3.C2H5NO/c1-4-35-24-15-18-14-19(8-9-23(18)33(17(2)3)26(24)34)30-25-22(28)16-29-27(31-25)32-12-10-21(11-13-32)36-20-6-5-7-20;19-14-8-13-11(7-12(14)10-3-5-20-6-4-10)9-22(18(13)25)15-1-2-16(23)21-17(15)24;1-3-2-4/h8-9,14-17,20-21H,4-7,10-13H2,1-3H3,(H,29,30,31);7-8,10,15,20H,1-6,9H2,(H,21,23,24);2H,1H3,(H,3,4). The number of imide groups is 1. The van der Waals surface area contributed by atoms with Gasteiger partial charge in [0.25, 0.3) is 11.5 Å². The average molecular weight is 916 g/mol. The maximum atomic E-state index is 14.6. The first-order valence-corrected chi connectivity index (χ1v) is 23.1. The van der Waals surface area contributed by atoms with Gasteiger partial charge in [-0.05, 0) is 133 Å². The number of anilines is 3. The smallest absolute Gasteiger partial charge is 0.293 e. The Labute approximate surface area is 383 Å². The molecule has 1 atom stereocenters. The number of carbonyl (C=O) groups excluding carboxylic acids is 4. The Morgan fingerprint density at radius 3 is 2.35 bits per heavy atom. The fourth-order valence-electron chi connectivity index (χ4n) is 8.93. The zero-order chi connectivity index (χ0) is 46.2. The van der Waals surface area contributed by atoms with Crippen LogP contribution in [0, 0.1) is 5.82 Å². The number of nitrogens with one attached hydrogen (secondary N) is 4. The highest BCUT2D eigenvalue weighted by molar-refractivity contribution is 6.33. The number of fused-ring (bicyclic) bond motifs is 2. The molecule has 1 saturated carbocycles. The fraction of sp³-hybridized carbons (Fsp3) is 0.511. The van der Waals surface area contributed by atoms with Crippen LogP contribution in [-0.4, -0.2) is 102 Å². The Bertz CT molecular complexity index is 2430. The lowest BCUT2D eigenvalue weighted by molar-refractivity contribution is -0.137. The van der Waals surface area contributed by atoms with Crippen molar-refractivity contribution >= 4 is 64.1 Å². The molecule has 2 aromatic heterocycles. The van der Waals surface area contributed by atoms with Gasteiger partial charge in [-0.1, -0.05) is 17.7 Å². The third kappa shape index (κ3) is 11.1. The van der Waals surface area contributed by atoms with Gasteiger partial charge < -0.3 is 39.8 Å². The molecular formula is C47H59ClFN9O7. The molecule has 4 amide bonds. The van der Waals surface area contributed by atoms with E-state index in [0.29, 0.717) is 71.9 Å². The monoisotopic (exact) mass is 915 g/mol. The quantitative estimate of drug-likeness (QED) is 0.0999. The number of rotatable bonds is 11. The van der Waals surface area contributed by atoms with Crippen molar-refractivity contribution in [2.24, 2.45) is 0 Å². The Hall–Kier alpha value is -5.65. The molecule has 3 saturated heterocycles. The van der Waals surface area contributed by atoms with Gasteiger partial charge in [0.1, 0.15) is 16.9 Å². The van der Waals surface area contributed by atoms with Gasteiger partial charge in [-0.25, -0.2) is 9.37 Å². The summed E-state index contributed by atoms with van der Waals surface area (Å²) < 4.78 is 28.2. The second-order valence-corrected chi connectivity index (χ2v) is 17.6. The van der Waals surface area contributed by atoms with Crippen molar-refractivity contribution in [3.63, 3.8) is 0 Å². The number of nitrogens with zero attached hydrogens (tertiary/aromatic N) is 5. The fourth-order valence-corrected chi connectivity index (χ4v) is 9.07. The van der Waals surface area contributed by atoms with E-state index in [1.807, 2.05) is 39.0 Å². The van der Waals surface area contributed by atoms with E-state index in [2.05, 4.69) is 31.2 Å². The van der Waals surface area contributed by atoms with Gasteiger partial charge in [0.15, 0.2) is 11.6 Å². The predicted molar refractivity (Wildman–Crippen MR) is 246 cm³/mol. The van der Waals surface area contributed by atoms with Gasteiger partial charge >= 0.3 is 0 Å². The average Bonchev–Trinajstić information content (AvgIpc) is 3.60. The van der Waals surface area contributed by atoms with E-state index >= 15 is 0 Å². The van der Waals surface area contributed by atoms with E-state index in [4.69, 9.17) is 30.9 Å². The molecule has 6 heterocycles. The molecule has 5 aliphatic rings. The molecule has 18 heteroatoms. The van der Waals surface area contributed by atoms with E-state index in [0.717, 1.165) is 74.0 Å². The molecule has 0 radical (unpaired) electrons. The minimum Gasteiger partial charge on any atom is -0.488 e. The minimum atomic E-state index is -0.664. The van der Waals surface area contributed by atoms with Crippen molar-refractivity contribution in [2.45, 2.75) is 115 Å². The number of benzene rings is 2. The number of hydrogen-bond acceptors (Lipinski definition) is 12. The molecule has 4 aromatic rings. The highest BCUT2D eigenvalue weighted by atomic mass is 35.5. The van der Waals surface area contributed by atoms with Crippen molar-refractivity contribution in [1.29, 1.82) is 0 Å². The SMILES string of the molecule is CCOc1cc2cc(Nc3nc(N4CCC(OC5CCC5)CC4)ncc3Cl)ccc2n(C(C)C)c1=O.CNC=O.O=C1CCC(N2Cc3cc(C4CCNCC4)c(F)cc3C2=O)C(=O)N1. The zero-order valence-corrected chi connectivity index (χ0v) is 38.2. The molecule has 1 unspecified atom stereocenters. The van der Waals surface area contributed by atoms with Gasteiger partial charge in [0.2, 0.25) is 24.2 Å². The van der Waals surface area contributed by atoms with Crippen LogP contribution in [0.2, 0.25) is 5.02 Å². The molecule has 4 aliphatic heterocycles. The molecule has 4 fully saturated rings. The molecule has 65 heavy (non-hydrogen) atoms. The number of pyridine rings is 1. The summed E-state index contributed by atoms with van der Waals surface area (Å²) in [5, 5.41) is 12.5. The maximum Gasteiger partial charge on any atom is 0.293 e. The van der Waals surface area contributed by atoms with Gasteiger partial charge in [0, 0.05) is 55.8 Å². The van der Waals surface area contributed by atoms with Crippen LogP contribution in [0.5, 0.6) is 5.75 Å².